The molecule has 0 rings (SSSR count). The van der Waals surface area contributed by atoms with Crippen molar-refractivity contribution in [2.45, 2.75) is 78.7 Å². The Hall–Kier alpha value is -0.630. The van der Waals surface area contributed by atoms with Crippen molar-refractivity contribution >= 4 is 5.71 Å². The van der Waals surface area contributed by atoms with E-state index >= 15 is 0 Å². The summed E-state index contributed by atoms with van der Waals surface area (Å²) in [5.41, 5.74) is 0.902. The lowest BCUT2D eigenvalue weighted by molar-refractivity contribution is 0.397. The monoisotopic (exact) mass is 280 g/mol. The van der Waals surface area contributed by atoms with Gasteiger partial charge in [-0.25, -0.2) is 0 Å². The second-order valence-corrected chi connectivity index (χ2v) is 6.51. The summed E-state index contributed by atoms with van der Waals surface area (Å²) in [6.45, 7) is 8.94. The van der Waals surface area contributed by atoms with Gasteiger partial charge in [0.25, 0.3) is 0 Å². The predicted octanol–water partition coefficient (Wildman–Crippen LogP) is 5.19. The summed E-state index contributed by atoms with van der Waals surface area (Å²) in [4.78, 5) is 0. The Balaban J connectivity index is 3.85. The third-order valence-corrected chi connectivity index (χ3v) is 3.89. The summed E-state index contributed by atoms with van der Waals surface area (Å²) in [7, 11) is 2.07. The van der Waals surface area contributed by atoms with Crippen LogP contribution in [-0.2, 0) is 0 Å². The fourth-order valence-electron chi connectivity index (χ4n) is 2.41. The van der Waals surface area contributed by atoms with Crippen molar-refractivity contribution in [3.8, 4) is 0 Å². The van der Waals surface area contributed by atoms with E-state index in [9.17, 15) is 0 Å². The lowest BCUT2D eigenvalue weighted by Gasteiger charge is -2.19. The predicted molar refractivity (Wildman–Crippen MR) is 91.7 cm³/mol. The maximum atomic E-state index is 7.68. The van der Waals surface area contributed by atoms with Crippen LogP contribution in [-0.4, -0.2) is 18.8 Å². The highest BCUT2D eigenvalue weighted by Gasteiger charge is 2.10. The van der Waals surface area contributed by atoms with Crippen molar-refractivity contribution in [3.05, 3.63) is 12.2 Å². The van der Waals surface area contributed by atoms with E-state index in [0.29, 0.717) is 6.04 Å². The van der Waals surface area contributed by atoms with Gasteiger partial charge < -0.3 is 10.7 Å². The zero-order chi connectivity index (χ0) is 15.4. The average Bonchev–Trinajstić information content (AvgIpc) is 2.41. The van der Waals surface area contributed by atoms with E-state index in [1.165, 1.54) is 25.7 Å². The summed E-state index contributed by atoms with van der Waals surface area (Å²) in [6.07, 6.45) is 12.5. The minimum Gasteiger partial charge on any atom is -0.317 e. The van der Waals surface area contributed by atoms with E-state index < -0.39 is 0 Å². The molecular weight excluding hydrogens is 244 g/mol. The molecule has 0 saturated heterocycles. The third kappa shape index (κ3) is 11.2. The molecule has 0 aromatic carbocycles. The topological polar surface area (TPSA) is 35.9 Å². The van der Waals surface area contributed by atoms with Gasteiger partial charge in [-0.2, -0.15) is 0 Å². The van der Waals surface area contributed by atoms with Crippen molar-refractivity contribution in [3.63, 3.8) is 0 Å². The highest BCUT2D eigenvalue weighted by atomic mass is 14.9. The van der Waals surface area contributed by atoms with Crippen molar-refractivity contribution in [1.82, 2.24) is 5.32 Å². The Bertz CT molecular complexity index is 269. The number of hydrogen-bond donors (Lipinski definition) is 2. The Kier molecular flexibility index (Phi) is 11.8. The van der Waals surface area contributed by atoms with Gasteiger partial charge >= 0.3 is 0 Å². The zero-order valence-electron chi connectivity index (χ0n) is 14.3. The fourth-order valence-corrected chi connectivity index (χ4v) is 2.41. The first kappa shape index (κ1) is 19.4. The number of rotatable bonds is 12. The highest BCUT2D eigenvalue weighted by molar-refractivity contribution is 5.80. The second-order valence-electron chi connectivity index (χ2n) is 6.51. The molecule has 0 amide bonds. The van der Waals surface area contributed by atoms with Gasteiger partial charge in [-0.15, -0.1) is 0 Å². The largest absolute Gasteiger partial charge is 0.317 e. The molecule has 0 aliphatic carbocycles. The third-order valence-electron chi connectivity index (χ3n) is 3.89. The van der Waals surface area contributed by atoms with Gasteiger partial charge in [0.1, 0.15) is 0 Å². The van der Waals surface area contributed by atoms with E-state index in [1.54, 1.807) is 0 Å². The highest BCUT2D eigenvalue weighted by Crippen LogP contribution is 2.16. The number of allylic oxidation sites excluding steroid dienone is 1. The second kappa shape index (κ2) is 12.1. The van der Waals surface area contributed by atoms with Crippen molar-refractivity contribution in [1.29, 1.82) is 5.41 Å². The molecule has 0 radical (unpaired) electrons. The first-order valence-corrected chi connectivity index (χ1v) is 8.38. The molecular formula is C18H36N2. The van der Waals surface area contributed by atoms with Crippen molar-refractivity contribution in [2.75, 3.05) is 7.05 Å². The van der Waals surface area contributed by atoms with Crippen LogP contribution in [0.3, 0.4) is 0 Å². The molecule has 2 atom stereocenters. The van der Waals surface area contributed by atoms with E-state index in [0.717, 1.165) is 36.8 Å². The minimum atomic E-state index is 0.596. The summed E-state index contributed by atoms with van der Waals surface area (Å²) >= 11 is 0. The first-order chi connectivity index (χ1) is 9.49. The molecule has 0 unspecified atom stereocenters. The van der Waals surface area contributed by atoms with E-state index in [4.69, 9.17) is 5.41 Å². The molecule has 0 bridgehead atoms. The summed E-state index contributed by atoms with van der Waals surface area (Å²) in [6, 6.07) is 0.596. The fraction of sp³-hybridized carbons (Fsp3) is 0.833. The van der Waals surface area contributed by atoms with Crippen LogP contribution in [0.2, 0.25) is 0 Å². The van der Waals surface area contributed by atoms with Gasteiger partial charge in [-0.3, -0.25) is 0 Å². The molecule has 0 saturated carbocycles. The van der Waals surface area contributed by atoms with E-state index in [1.807, 2.05) is 0 Å². The van der Waals surface area contributed by atoms with E-state index in [-0.39, 0.29) is 0 Å². The number of hydrogen-bond acceptors (Lipinski definition) is 2. The molecule has 118 valence electrons. The Morgan fingerprint density at radius 3 is 2.35 bits per heavy atom. The maximum absolute atomic E-state index is 7.68. The molecule has 2 N–H and O–H groups in total. The molecule has 0 spiro atoms. The molecule has 0 aliphatic heterocycles. The van der Waals surface area contributed by atoms with Gasteiger partial charge in [0.2, 0.25) is 0 Å². The molecule has 2 heteroatoms. The lowest BCUT2D eigenvalue weighted by Crippen LogP contribution is -2.26. The van der Waals surface area contributed by atoms with Crippen LogP contribution in [0.25, 0.3) is 0 Å². The van der Waals surface area contributed by atoms with Crippen molar-refractivity contribution < 1.29 is 0 Å². The van der Waals surface area contributed by atoms with Gasteiger partial charge in [0, 0.05) is 11.8 Å². The zero-order valence-corrected chi connectivity index (χ0v) is 14.3. The normalized spacial score (nSPS) is 14.9. The van der Waals surface area contributed by atoms with Gasteiger partial charge in [-0.05, 0) is 57.4 Å². The van der Waals surface area contributed by atoms with Crippen LogP contribution >= 0.6 is 0 Å². The summed E-state index contributed by atoms with van der Waals surface area (Å²) < 4.78 is 0. The van der Waals surface area contributed by atoms with Crippen LogP contribution in [0.15, 0.2) is 12.2 Å². The Morgan fingerprint density at radius 1 is 1.15 bits per heavy atom. The first-order valence-electron chi connectivity index (χ1n) is 8.38. The average molecular weight is 280 g/mol. The van der Waals surface area contributed by atoms with Crippen LogP contribution in [0.5, 0.6) is 0 Å². The molecule has 0 aromatic heterocycles. The quantitative estimate of drug-likeness (QED) is 0.374. The lowest BCUT2D eigenvalue weighted by atomic mass is 9.93. The van der Waals surface area contributed by atoms with Crippen LogP contribution in [0.1, 0.15) is 72.6 Å². The minimum absolute atomic E-state index is 0.596. The Morgan fingerprint density at radius 2 is 1.80 bits per heavy atom. The molecule has 20 heavy (non-hydrogen) atoms. The smallest absolute Gasteiger partial charge is 0.0101 e. The van der Waals surface area contributed by atoms with Crippen LogP contribution < -0.4 is 5.32 Å². The molecule has 0 heterocycles. The molecule has 0 aliphatic rings. The van der Waals surface area contributed by atoms with E-state index in [2.05, 4.69) is 52.2 Å². The van der Waals surface area contributed by atoms with Crippen LogP contribution in [0.4, 0.5) is 0 Å². The maximum Gasteiger partial charge on any atom is 0.0101 e. The molecule has 0 aromatic rings. The standard InChI is InChI=1S/C18H36N2/c1-6-17(19)12-9-11-16(4)14-18(20-5)13-8-7-10-15(2)3/h7-8,15-16,18-20H,6,9-14H2,1-5H3/b8-7+,19-17?/t16-,18-/m0/s1. The summed E-state index contributed by atoms with van der Waals surface area (Å²) in [5, 5.41) is 11.1. The SMILES string of the molecule is CCC(=N)CCC[C@H](C)C[C@H](C/C=C/CC(C)C)NC. The molecule has 0 fully saturated rings. The summed E-state index contributed by atoms with van der Waals surface area (Å²) in [5.74, 6) is 1.50. The van der Waals surface area contributed by atoms with Crippen LogP contribution in [0, 0.1) is 17.2 Å². The van der Waals surface area contributed by atoms with Crippen molar-refractivity contribution in [2.24, 2.45) is 11.8 Å². The van der Waals surface area contributed by atoms with Gasteiger partial charge in [0.05, 0.1) is 0 Å². The Labute approximate surface area is 126 Å². The number of nitrogens with one attached hydrogen (secondary N) is 2. The van der Waals surface area contributed by atoms with Gasteiger partial charge in [-0.1, -0.05) is 46.3 Å². The van der Waals surface area contributed by atoms with Gasteiger partial charge in [0.15, 0.2) is 0 Å². The molecule has 2 nitrogen and oxygen atoms in total.